The summed E-state index contributed by atoms with van der Waals surface area (Å²) >= 11 is 0. The number of aliphatic imine (C=N–C) groups is 1. The Bertz CT molecular complexity index is 1950. The Kier molecular flexibility index (Phi) is 14.0. The number of pyridine rings is 1. The highest BCUT2D eigenvalue weighted by Crippen LogP contribution is 2.41. The SMILES string of the molecule is CC[C@H]1OC(=O)[C@H](C)[C@H]2C[C@@H](OC3O[C@H](C)C[C@H](N(C)C)[C@H]3O)[C@](C)(C[C@@H](C)C(=O)[C@H](C)C3N=C(N)OC31C)OC/C(=N/OCC#Cc1ccc3ccccc3n1)CO2. The molecule has 2 aromatic rings. The van der Waals surface area contributed by atoms with E-state index < -0.39 is 71.7 Å². The first-order chi connectivity index (χ1) is 28.0. The Morgan fingerprint density at radius 3 is 2.56 bits per heavy atom. The monoisotopic (exact) mass is 819 g/mol. The third kappa shape index (κ3) is 9.90. The van der Waals surface area contributed by atoms with Crippen LogP contribution in [0.5, 0.6) is 0 Å². The molecule has 0 aliphatic carbocycles. The van der Waals surface area contributed by atoms with Crippen molar-refractivity contribution < 1.29 is 48.0 Å². The van der Waals surface area contributed by atoms with Crippen molar-refractivity contribution in [2.45, 2.75) is 134 Å². The summed E-state index contributed by atoms with van der Waals surface area (Å²) in [7, 11) is 3.81. The number of aromatic nitrogens is 1. The molecule has 1 aromatic heterocycles. The van der Waals surface area contributed by atoms with E-state index >= 15 is 0 Å². The van der Waals surface area contributed by atoms with E-state index in [1.807, 2.05) is 83.1 Å². The van der Waals surface area contributed by atoms with Gasteiger partial charge in [-0.1, -0.05) is 56.1 Å². The number of hydrogen-bond acceptors (Lipinski definition) is 15. The first-order valence-corrected chi connectivity index (χ1v) is 20.7. The normalized spacial score (nSPS) is 37.8. The van der Waals surface area contributed by atoms with Crippen molar-refractivity contribution in [1.82, 2.24) is 9.88 Å². The Morgan fingerprint density at radius 1 is 1.05 bits per heavy atom. The maximum atomic E-state index is 14.5. The van der Waals surface area contributed by atoms with E-state index in [4.69, 9.17) is 39.0 Å². The zero-order chi connectivity index (χ0) is 42.6. The van der Waals surface area contributed by atoms with Crippen LogP contribution in [0.4, 0.5) is 0 Å². The summed E-state index contributed by atoms with van der Waals surface area (Å²) in [4.78, 5) is 45.5. The molecule has 3 unspecified atom stereocenters. The number of ether oxygens (including phenoxy) is 6. The van der Waals surface area contributed by atoms with E-state index in [1.165, 1.54) is 0 Å². The van der Waals surface area contributed by atoms with Crippen molar-refractivity contribution in [2.75, 3.05) is 33.9 Å². The van der Waals surface area contributed by atoms with Gasteiger partial charge in [-0.3, -0.25) is 9.59 Å². The minimum absolute atomic E-state index is 0.0356. The quantitative estimate of drug-likeness (QED) is 0.185. The molecule has 322 valence electrons. The van der Waals surface area contributed by atoms with Crippen LogP contribution in [0.1, 0.15) is 79.8 Å². The second-order valence-corrected chi connectivity index (χ2v) is 17.1. The molecule has 0 radical (unpaired) electrons. The summed E-state index contributed by atoms with van der Waals surface area (Å²) in [6, 6.07) is 10.6. The average molecular weight is 820 g/mol. The van der Waals surface area contributed by atoms with Gasteiger partial charge in [0.15, 0.2) is 18.5 Å². The molecular weight excluding hydrogens is 759 g/mol. The van der Waals surface area contributed by atoms with E-state index in [0.29, 0.717) is 24.2 Å². The summed E-state index contributed by atoms with van der Waals surface area (Å²) in [6.45, 7) is 12.7. The standard InChI is InChI=1S/C44H61N5O10/c1-10-35-44(7)39(47-42(45)59-44)28(5)37(50)25(2)22-43(6)36(58-41-38(51)33(49(8)9)20-26(3)56-41)21-34(27(4)40(52)57-35)53-23-31(24-54-43)48-55-19-13-15-30-18-17-29-14-11-12-16-32(29)46-30/h11-12,14,16-18,25-28,33-36,38-39,41,51H,10,19-24H2,1-9H3,(H2,45,47)/b48-31+/t25-,26-,27-,28+,33+,34-,35-,36-,38-,39?,41?,43+,44?/m1/s1. The number of hydrogen-bond donors (Lipinski definition) is 2. The van der Waals surface area contributed by atoms with Crippen LogP contribution in [0.15, 0.2) is 46.5 Å². The van der Waals surface area contributed by atoms with Gasteiger partial charge < -0.3 is 49.0 Å². The van der Waals surface area contributed by atoms with Crippen molar-refractivity contribution >= 4 is 34.4 Å². The Morgan fingerprint density at radius 2 is 1.81 bits per heavy atom. The second kappa shape index (κ2) is 18.6. The van der Waals surface area contributed by atoms with Crippen molar-refractivity contribution in [3.63, 3.8) is 0 Å². The van der Waals surface area contributed by atoms with Crippen LogP contribution in [0.25, 0.3) is 10.9 Å². The van der Waals surface area contributed by atoms with Crippen molar-refractivity contribution in [2.24, 2.45) is 33.6 Å². The Labute approximate surface area is 347 Å². The van der Waals surface area contributed by atoms with E-state index in [-0.39, 0.29) is 56.6 Å². The van der Waals surface area contributed by atoms with Gasteiger partial charge in [-0.2, -0.15) is 0 Å². The number of oxime groups is 1. The van der Waals surface area contributed by atoms with Crippen LogP contribution in [-0.4, -0.2) is 132 Å². The lowest BCUT2D eigenvalue weighted by Gasteiger charge is -2.46. The maximum Gasteiger partial charge on any atom is 0.311 e. The lowest BCUT2D eigenvalue weighted by Crippen LogP contribution is -2.58. The summed E-state index contributed by atoms with van der Waals surface area (Å²) < 4.78 is 38.7. The van der Waals surface area contributed by atoms with E-state index in [1.54, 1.807) is 20.8 Å². The third-order valence-electron chi connectivity index (χ3n) is 12.4. The Balaban J connectivity index is 1.34. The number of aliphatic hydroxyl groups excluding tert-OH is 1. The molecule has 3 fully saturated rings. The summed E-state index contributed by atoms with van der Waals surface area (Å²) in [6.07, 6.45) is -3.42. The molecule has 4 aliphatic rings. The molecule has 2 bridgehead atoms. The van der Waals surface area contributed by atoms with Crippen LogP contribution < -0.4 is 5.73 Å². The van der Waals surface area contributed by atoms with Gasteiger partial charge in [-0.15, -0.1) is 0 Å². The number of aliphatic hydroxyl groups is 1. The average Bonchev–Trinajstić information content (AvgIpc) is 3.54. The number of carbonyl (C=O) groups excluding carboxylic acids is 2. The molecule has 3 saturated heterocycles. The van der Waals surface area contributed by atoms with Gasteiger partial charge in [-0.25, -0.2) is 9.98 Å². The number of fused-ring (bicyclic) bond motifs is 5. The summed E-state index contributed by atoms with van der Waals surface area (Å²) in [5.41, 5.74) is 5.58. The van der Waals surface area contributed by atoms with Gasteiger partial charge in [0.2, 0.25) is 0 Å². The third-order valence-corrected chi connectivity index (χ3v) is 12.4. The number of rotatable bonds is 6. The lowest BCUT2D eigenvalue weighted by molar-refractivity contribution is -0.294. The van der Waals surface area contributed by atoms with Crippen molar-refractivity contribution in [3.8, 4) is 11.8 Å². The van der Waals surface area contributed by atoms with Gasteiger partial charge in [0.05, 0.1) is 48.6 Å². The smallest absolute Gasteiger partial charge is 0.311 e. The maximum absolute atomic E-state index is 14.5. The Hall–Kier alpha value is -4.17. The summed E-state index contributed by atoms with van der Waals surface area (Å²) in [5, 5.41) is 17.0. The highest BCUT2D eigenvalue weighted by atomic mass is 16.7. The number of amidine groups is 1. The molecule has 15 nitrogen and oxygen atoms in total. The number of esters is 1. The van der Waals surface area contributed by atoms with Crippen molar-refractivity contribution in [1.29, 1.82) is 0 Å². The highest BCUT2D eigenvalue weighted by Gasteiger charge is 2.55. The molecule has 13 atom stereocenters. The molecule has 0 spiro atoms. The second-order valence-electron chi connectivity index (χ2n) is 17.1. The van der Waals surface area contributed by atoms with Gasteiger partial charge >= 0.3 is 5.97 Å². The van der Waals surface area contributed by atoms with Crippen LogP contribution in [0.3, 0.4) is 0 Å². The number of benzene rings is 1. The fourth-order valence-corrected chi connectivity index (χ4v) is 8.90. The molecular formula is C44H61N5O10. The molecule has 1 aromatic carbocycles. The molecule has 0 saturated carbocycles. The molecule has 0 amide bonds. The number of Topliss-reactive ketones (excluding diaryl/α,β-unsaturated/α-hetero) is 1. The molecule has 5 heterocycles. The minimum Gasteiger partial charge on any atom is -0.458 e. The van der Waals surface area contributed by atoms with Gasteiger partial charge in [0.25, 0.3) is 6.02 Å². The van der Waals surface area contributed by atoms with Gasteiger partial charge in [0.1, 0.15) is 35.4 Å². The van der Waals surface area contributed by atoms with Crippen molar-refractivity contribution in [3.05, 3.63) is 42.1 Å². The number of ketones is 1. The molecule has 15 heteroatoms. The highest BCUT2D eigenvalue weighted by molar-refractivity contribution is 5.87. The van der Waals surface area contributed by atoms with Crippen LogP contribution >= 0.6 is 0 Å². The number of cyclic esters (lactones) is 1. The molecule has 3 N–H and O–H groups in total. The number of likely N-dealkylation sites (N-methyl/N-ethyl adjacent to an activating group) is 1. The predicted octanol–water partition coefficient (Wildman–Crippen LogP) is 4.01. The van der Waals surface area contributed by atoms with E-state index in [2.05, 4.69) is 27.0 Å². The van der Waals surface area contributed by atoms with Crippen LogP contribution in [0, 0.1) is 29.6 Å². The zero-order valence-electron chi connectivity index (χ0n) is 35.8. The van der Waals surface area contributed by atoms with E-state index in [0.717, 1.165) is 10.9 Å². The first kappa shape index (κ1) is 44.4. The lowest BCUT2D eigenvalue weighted by atomic mass is 9.75. The fraction of sp³-hybridized carbons (Fsp3) is 0.659. The molecule has 6 rings (SSSR count). The fourth-order valence-electron chi connectivity index (χ4n) is 8.90. The molecule has 4 aliphatic heterocycles. The number of carbonyl (C=O) groups is 2. The minimum atomic E-state index is -1.21. The number of nitrogens with two attached hydrogens (primary N) is 1. The van der Waals surface area contributed by atoms with Crippen LogP contribution in [-0.2, 0) is 42.8 Å². The number of nitrogens with zero attached hydrogens (tertiary/aromatic N) is 4. The molecule has 59 heavy (non-hydrogen) atoms. The zero-order valence-corrected chi connectivity index (χ0v) is 35.8. The summed E-state index contributed by atoms with van der Waals surface area (Å²) in [5.74, 6) is 3.28. The first-order valence-electron chi connectivity index (χ1n) is 20.7. The van der Waals surface area contributed by atoms with Gasteiger partial charge in [-0.05, 0) is 79.1 Å². The van der Waals surface area contributed by atoms with Crippen LogP contribution in [0.2, 0.25) is 0 Å². The predicted molar refractivity (Wildman–Crippen MR) is 220 cm³/mol. The number of para-hydroxylation sites is 1. The van der Waals surface area contributed by atoms with Gasteiger partial charge in [0, 0.05) is 29.7 Å². The largest absolute Gasteiger partial charge is 0.458 e. The van der Waals surface area contributed by atoms with E-state index in [9.17, 15) is 14.7 Å². The topological polar surface area (TPSA) is 186 Å².